The van der Waals surface area contributed by atoms with Crippen LogP contribution in [-0.2, 0) is 7.05 Å². The molecule has 25 heavy (non-hydrogen) atoms. The van der Waals surface area contributed by atoms with E-state index in [1.807, 2.05) is 7.05 Å². The average Bonchev–Trinajstić information content (AvgIpc) is 2.93. The van der Waals surface area contributed by atoms with Gasteiger partial charge in [-0.2, -0.15) is 5.10 Å². The lowest BCUT2D eigenvalue weighted by atomic mass is 10.1. The summed E-state index contributed by atoms with van der Waals surface area (Å²) in [5, 5.41) is 15.1. The Hall–Kier alpha value is -1.65. The van der Waals surface area contributed by atoms with Gasteiger partial charge < -0.3 is 16.0 Å². The first-order chi connectivity index (χ1) is 11.6. The lowest BCUT2D eigenvalue weighted by Gasteiger charge is -2.12. The molecule has 2 heterocycles. The van der Waals surface area contributed by atoms with E-state index in [2.05, 4.69) is 56.8 Å². The first-order valence-corrected chi connectivity index (χ1v) is 8.50. The minimum Gasteiger partial charge on any atom is -0.368 e. The van der Waals surface area contributed by atoms with Gasteiger partial charge in [0.2, 0.25) is 0 Å². The van der Waals surface area contributed by atoms with Crippen LogP contribution in [0.1, 0.15) is 27.2 Å². The molecule has 3 N–H and O–H groups in total. The molecule has 0 spiro atoms. The van der Waals surface area contributed by atoms with Gasteiger partial charge in [-0.3, -0.25) is 9.67 Å². The fourth-order valence-electron chi connectivity index (χ4n) is 2.24. The number of nitrogens with zero attached hydrogens (tertiary/aromatic N) is 5. The lowest BCUT2D eigenvalue weighted by Crippen LogP contribution is -2.39. The van der Waals surface area contributed by atoms with E-state index in [0.717, 1.165) is 55.4 Å². The summed E-state index contributed by atoms with van der Waals surface area (Å²) in [4.78, 5) is 13.1. The Balaban J connectivity index is 0.00000312. The Bertz CT molecular complexity index is 667. The van der Waals surface area contributed by atoms with Crippen molar-refractivity contribution in [3.63, 3.8) is 0 Å². The van der Waals surface area contributed by atoms with Gasteiger partial charge in [0.15, 0.2) is 11.6 Å². The third kappa shape index (κ3) is 6.63. The van der Waals surface area contributed by atoms with Crippen molar-refractivity contribution in [2.45, 2.75) is 27.2 Å². The topological polar surface area (TPSA) is 92.1 Å². The molecule has 0 radical (unpaired) electrons. The fourth-order valence-corrected chi connectivity index (χ4v) is 2.24. The summed E-state index contributed by atoms with van der Waals surface area (Å²) in [6.45, 7) is 9.65. The van der Waals surface area contributed by atoms with Crippen LogP contribution in [0.4, 0.5) is 5.82 Å². The molecule has 0 unspecified atom stereocenters. The summed E-state index contributed by atoms with van der Waals surface area (Å²) in [6.07, 6.45) is 4.43. The van der Waals surface area contributed by atoms with Gasteiger partial charge in [0.25, 0.3) is 0 Å². The smallest absolute Gasteiger partial charge is 0.191 e. The first-order valence-electron chi connectivity index (χ1n) is 8.50. The molecule has 0 bridgehead atoms. The van der Waals surface area contributed by atoms with Gasteiger partial charge in [-0.1, -0.05) is 13.8 Å². The number of nitrogens with one attached hydrogen (secondary N) is 3. The average molecular weight is 460 g/mol. The van der Waals surface area contributed by atoms with Gasteiger partial charge >= 0.3 is 0 Å². The highest BCUT2D eigenvalue weighted by atomic mass is 127. The van der Waals surface area contributed by atoms with E-state index in [9.17, 15) is 0 Å². The molecule has 0 atom stereocenters. The maximum atomic E-state index is 4.58. The SMILES string of the molecule is CCNC(=NCCC(C)C)NCCNc1ncnc2c1cnn2C.I. The minimum atomic E-state index is 0. The maximum absolute atomic E-state index is 4.58. The van der Waals surface area contributed by atoms with Crippen LogP contribution in [0, 0.1) is 5.92 Å². The standard InChI is InChI=1S/C16H28N8.HI/c1-5-17-16(19-7-6-12(2)3)20-9-8-18-14-13-10-23-24(4)15(13)22-11-21-14;/h10-12H,5-9H2,1-4H3,(H2,17,19,20)(H,18,21,22);1H. The molecule has 2 aromatic heterocycles. The molecule has 0 saturated carbocycles. The molecule has 9 heteroatoms. The highest BCUT2D eigenvalue weighted by Crippen LogP contribution is 2.16. The van der Waals surface area contributed by atoms with Crippen LogP contribution in [0.2, 0.25) is 0 Å². The van der Waals surface area contributed by atoms with Crippen LogP contribution in [0.15, 0.2) is 17.5 Å². The summed E-state index contributed by atoms with van der Waals surface area (Å²) in [5.74, 6) is 2.32. The summed E-state index contributed by atoms with van der Waals surface area (Å²) in [5.41, 5.74) is 0.823. The number of aryl methyl sites for hydroxylation is 1. The Kier molecular flexibility index (Phi) is 9.46. The number of halogens is 1. The van der Waals surface area contributed by atoms with Crippen molar-refractivity contribution < 1.29 is 0 Å². The predicted octanol–water partition coefficient (Wildman–Crippen LogP) is 1.99. The molecule has 0 aliphatic heterocycles. The van der Waals surface area contributed by atoms with E-state index in [4.69, 9.17) is 0 Å². The lowest BCUT2D eigenvalue weighted by molar-refractivity contribution is 0.594. The van der Waals surface area contributed by atoms with Gasteiger partial charge in [0.05, 0.1) is 11.6 Å². The van der Waals surface area contributed by atoms with Crippen molar-refractivity contribution in [2.24, 2.45) is 18.0 Å². The Labute approximate surface area is 166 Å². The van der Waals surface area contributed by atoms with Crippen molar-refractivity contribution in [3.05, 3.63) is 12.5 Å². The second-order valence-corrected chi connectivity index (χ2v) is 6.02. The number of hydrogen-bond donors (Lipinski definition) is 3. The van der Waals surface area contributed by atoms with Crippen molar-refractivity contribution in [3.8, 4) is 0 Å². The number of hydrogen-bond acceptors (Lipinski definition) is 5. The van der Waals surface area contributed by atoms with E-state index in [1.54, 1.807) is 17.2 Å². The first kappa shape index (κ1) is 21.4. The summed E-state index contributed by atoms with van der Waals surface area (Å²) < 4.78 is 1.74. The molecule has 0 aliphatic rings. The number of anilines is 1. The third-order valence-corrected chi connectivity index (χ3v) is 3.56. The second kappa shape index (κ2) is 11.1. The Morgan fingerprint density at radius 1 is 1.24 bits per heavy atom. The van der Waals surface area contributed by atoms with Gasteiger partial charge in [-0.25, -0.2) is 9.97 Å². The molecule has 2 aromatic rings. The van der Waals surface area contributed by atoms with Crippen LogP contribution < -0.4 is 16.0 Å². The Morgan fingerprint density at radius 2 is 2.04 bits per heavy atom. The number of fused-ring (bicyclic) bond motifs is 1. The molecule has 0 fully saturated rings. The van der Waals surface area contributed by atoms with Gasteiger partial charge in [0.1, 0.15) is 12.1 Å². The molecule has 140 valence electrons. The molecule has 0 saturated heterocycles. The maximum Gasteiger partial charge on any atom is 0.191 e. The second-order valence-electron chi connectivity index (χ2n) is 6.02. The monoisotopic (exact) mass is 460 g/mol. The number of aliphatic imine (C=N–C) groups is 1. The summed E-state index contributed by atoms with van der Waals surface area (Å²) in [7, 11) is 1.87. The zero-order valence-corrected chi connectivity index (χ0v) is 17.7. The van der Waals surface area contributed by atoms with Crippen LogP contribution in [-0.4, -0.2) is 51.9 Å². The highest BCUT2D eigenvalue weighted by molar-refractivity contribution is 14.0. The molecular formula is C16H29IN8. The predicted molar refractivity (Wildman–Crippen MR) is 114 cm³/mol. The quantitative estimate of drug-likeness (QED) is 0.242. The van der Waals surface area contributed by atoms with Crippen molar-refractivity contribution >= 4 is 46.8 Å². The van der Waals surface area contributed by atoms with Crippen LogP contribution in [0.5, 0.6) is 0 Å². The van der Waals surface area contributed by atoms with Crippen molar-refractivity contribution in [2.75, 3.05) is 31.5 Å². The van der Waals surface area contributed by atoms with E-state index < -0.39 is 0 Å². The Morgan fingerprint density at radius 3 is 2.76 bits per heavy atom. The number of guanidine groups is 1. The molecule has 0 aromatic carbocycles. The van der Waals surface area contributed by atoms with Crippen LogP contribution in [0.25, 0.3) is 11.0 Å². The largest absolute Gasteiger partial charge is 0.368 e. The minimum absolute atomic E-state index is 0. The fraction of sp³-hybridized carbons (Fsp3) is 0.625. The highest BCUT2D eigenvalue weighted by Gasteiger charge is 2.07. The molecular weight excluding hydrogens is 431 g/mol. The van der Waals surface area contributed by atoms with E-state index in [0.29, 0.717) is 5.92 Å². The zero-order chi connectivity index (χ0) is 17.4. The van der Waals surface area contributed by atoms with Crippen LogP contribution >= 0.6 is 24.0 Å². The van der Waals surface area contributed by atoms with E-state index in [-0.39, 0.29) is 24.0 Å². The van der Waals surface area contributed by atoms with Crippen LogP contribution in [0.3, 0.4) is 0 Å². The van der Waals surface area contributed by atoms with E-state index >= 15 is 0 Å². The number of rotatable bonds is 8. The molecule has 8 nitrogen and oxygen atoms in total. The molecule has 0 amide bonds. The molecule has 0 aliphatic carbocycles. The third-order valence-electron chi connectivity index (χ3n) is 3.56. The van der Waals surface area contributed by atoms with Gasteiger partial charge in [-0.05, 0) is 19.3 Å². The normalized spacial score (nSPS) is 11.5. The summed E-state index contributed by atoms with van der Waals surface area (Å²) in [6, 6.07) is 0. The van der Waals surface area contributed by atoms with Crippen molar-refractivity contribution in [1.82, 2.24) is 30.4 Å². The number of aromatic nitrogens is 4. The molecule has 2 rings (SSSR count). The van der Waals surface area contributed by atoms with Crippen molar-refractivity contribution in [1.29, 1.82) is 0 Å². The van der Waals surface area contributed by atoms with Gasteiger partial charge in [-0.15, -0.1) is 24.0 Å². The van der Waals surface area contributed by atoms with E-state index in [1.165, 1.54) is 0 Å². The summed E-state index contributed by atoms with van der Waals surface area (Å²) >= 11 is 0. The van der Waals surface area contributed by atoms with Gasteiger partial charge in [0, 0.05) is 33.2 Å². The zero-order valence-electron chi connectivity index (χ0n) is 15.4.